The van der Waals surface area contributed by atoms with Gasteiger partial charge in [-0.25, -0.2) is 0 Å². The molecule has 30 heavy (non-hydrogen) atoms. The number of benzene rings is 1. The lowest BCUT2D eigenvalue weighted by Crippen LogP contribution is -2.45. The van der Waals surface area contributed by atoms with E-state index in [0.29, 0.717) is 11.9 Å². The Kier molecular flexibility index (Phi) is 10.7. The van der Waals surface area contributed by atoms with Crippen LogP contribution in [-0.4, -0.2) is 62.6 Å². The summed E-state index contributed by atoms with van der Waals surface area (Å²) in [4.78, 5) is 21.7. The number of aliphatic imine (C=N–C) groups is 1. The Morgan fingerprint density at radius 2 is 1.93 bits per heavy atom. The highest BCUT2D eigenvalue weighted by Crippen LogP contribution is 2.27. The summed E-state index contributed by atoms with van der Waals surface area (Å²) < 4.78 is 0. The number of amides is 1. The van der Waals surface area contributed by atoms with Gasteiger partial charge in [-0.2, -0.15) is 0 Å². The Hall–Kier alpha value is -1.51. The first kappa shape index (κ1) is 24.8. The summed E-state index contributed by atoms with van der Waals surface area (Å²) in [6.07, 6.45) is 6.58. The van der Waals surface area contributed by atoms with Gasteiger partial charge in [-0.1, -0.05) is 31.0 Å². The van der Waals surface area contributed by atoms with Crippen LogP contribution in [0.5, 0.6) is 0 Å². The lowest BCUT2D eigenvalue weighted by molar-refractivity contribution is -0.134. The summed E-state index contributed by atoms with van der Waals surface area (Å²) in [6.45, 7) is 6.35. The maximum atomic E-state index is 12.6. The molecule has 1 saturated carbocycles. The topological polar surface area (TPSA) is 60.0 Å². The molecule has 168 valence electrons. The quantitative estimate of drug-likeness (QED) is 0.235. The molecule has 1 aliphatic carbocycles. The van der Waals surface area contributed by atoms with Crippen molar-refractivity contribution in [2.75, 3.05) is 44.7 Å². The fraction of sp³-hybridized carbons (Fsp3) is 0.652. The van der Waals surface area contributed by atoms with Crippen LogP contribution in [0.4, 0.5) is 5.69 Å². The van der Waals surface area contributed by atoms with Crippen LogP contribution < -0.4 is 15.5 Å². The number of nitrogens with zero attached hydrogens (tertiary/aromatic N) is 3. The first-order valence-electron chi connectivity index (χ1n) is 11.3. The van der Waals surface area contributed by atoms with E-state index in [9.17, 15) is 4.79 Å². The van der Waals surface area contributed by atoms with Gasteiger partial charge in [-0.3, -0.25) is 9.79 Å². The van der Waals surface area contributed by atoms with Gasteiger partial charge < -0.3 is 20.4 Å². The molecule has 0 aromatic heterocycles. The largest absolute Gasteiger partial charge is 0.375 e. The normalized spacial score (nSPS) is 19.5. The summed E-state index contributed by atoms with van der Waals surface area (Å²) in [7, 11) is 2.12. The highest BCUT2D eigenvalue weighted by molar-refractivity contribution is 14.0. The molecule has 1 unspecified atom stereocenters. The van der Waals surface area contributed by atoms with Crippen molar-refractivity contribution in [2.45, 2.75) is 51.5 Å². The van der Waals surface area contributed by atoms with E-state index in [1.807, 2.05) is 6.07 Å². The van der Waals surface area contributed by atoms with Crippen molar-refractivity contribution in [1.82, 2.24) is 15.5 Å². The number of anilines is 1. The number of likely N-dealkylation sites (tertiary alicyclic amines) is 1. The average Bonchev–Trinajstić information content (AvgIpc) is 3.43. The van der Waals surface area contributed by atoms with Crippen LogP contribution in [-0.2, 0) is 4.79 Å². The number of hydrogen-bond donors (Lipinski definition) is 2. The summed E-state index contributed by atoms with van der Waals surface area (Å²) in [5.74, 6) is 1.52. The van der Waals surface area contributed by atoms with Gasteiger partial charge in [-0.05, 0) is 44.7 Å². The van der Waals surface area contributed by atoms with E-state index in [-0.39, 0.29) is 29.9 Å². The standard InChI is InChI=1S/C23H37N5O.HI/c1-3-24-23(25-15-9-16-27(2)21-12-5-4-6-13-21)26-20-14-17-28(18-20)22(29)19-10-7-8-11-19;/h4-6,12-13,19-20H,3,7-11,14-18H2,1-2H3,(H2,24,25,26);1H. The summed E-state index contributed by atoms with van der Waals surface area (Å²) in [5.41, 5.74) is 1.24. The third-order valence-electron chi connectivity index (χ3n) is 6.01. The van der Waals surface area contributed by atoms with Gasteiger partial charge in [-0.15, -0.1) is 24.0 Å². The van der Waals surface area contributed by atoms with Crippen LogP contribution >= 0.6 is 24.0 Å². The molecule has 6 nitrogen and oxygen atoms in total. The van der Waals surface area contributed by atoms with Gasteiger partial charge in [0.05, 0.1) is 0 Å². The van der Waals surface area contributed by atoms with Gasteiger partial charge in [0, 0.05) is 57.4 Å². The molecule has 1 saturated heterocycles. The van der Waals surface area contributed by atoms with Crippen LogP contribution in [0, 0.1) is 5.92 Å². The zero-order valence-corrected chi connectivity index (χ0v) is 20.8. The summed E-state index contributed by atoms with van der Waals surface area (Å²) in [6, 6.07) is 10.7. The molecule has 1 aromatic carbocycles. The third kappa shape index (κ3) is 7.32. The van der Waals surface area contributed by atoms with Crippen molar-refractivity contribution in [3.8, 4) is 0 Å². The third-order valence-corrected chi connectivity index (χ3v) is 6.01. The molecular weight excluding hydrogens is 489 g/mol. The monoisotopic (exact) mass is 527 g/mol. The van der Waals surface area contributed by atoms with Gasteiger partial charge >= 0.3 is 0 Å². The zero-order valence-electron chi connectivity index (χ0n) is 18.5. The molecule has 1 amide bonds. The molecule has 0 spiro atoms. The molecular formula is C23H38IN5O. The Morgan fingerprint density at radius 1 is 1.20 bits per heavy atom. The Bertz CT molecular complexity index is 663. The van der Waals surface area contributed by atoms with Gasteiger partial charge in [0.15, 0.2) is 5.96 Å². The second kappa shape index (κ2) is 13.0. The van der Waals surface area contributed by atoms with Crippen molar-refractivity contribution in [2.24, 2.45) is 10.9 Å². The number of halogens is 1. The minimum Gasteiger partial charge on any atom is -0.375 e. The average molecular weight is 527 g/mol. The lowest BCUT2D eigenvalue weighted by atomic mass is 10.1. The molecule has 2 fully saturated rings. The maximum absolute atomic E-state index is 12.6. The van der Waals surface area contributed by atoms with Crippen LogP contribution in [0.25, 0.3) is 0 Å². The van der Waals surface area contributed by atoms with Crippen LogP contribution in [0.3, 0.4) is 0 Å². The van der Waals surface area contributed by atoms with E-state index in [1.54, 1.807) is 0 Å². The smallest absolute Gasteiger partial charge is 0.225 e. The molecule has 7 heteroatoms. The van der Waals surface area contributed by atoms with Gasteiger partial charge in [0.1, 0.15) is 0 Å². The van der Waals surface area contributed by atoms with Crippen LogP contribution in [0.2, 0.25) is 0 Å². The van der Waals surface area contributed by atoms with E-state index >= 15 is 0 Å². The second-order valence-electron chi connectivity index (χ2n) is 8.27. The van der Waals surface area contributed by atoms with E-state index in [2.05, 4.69) is 58.7 Å². The molecule has 1 aromatic rings. The van der Waals surface area contributed by atoms with E-state index < -0.39 is 0 Å². The van der Waals surface area contributed by atoms with E-state index in [4.69, 9.17) is 4.99 Å². The summed E-state index contributed by atoms with van der Waals surface area (Å²) >= 11 is 0. The Labute approximate surface area is 198 Å². The highest BCUT2D eigenvalue weighted by atomic mass is 127. The Balaban J connectivity index is 0.00000320. The van der Waals surface area contributed by atoms with Crippen molar-refractivity contribution in [3.63, 3.8) is 0 Å². The number of carbonyl (C=O) groups is 1. The number of para-hydroxylation sites is 1. The number of guanidine groups is 1. The van der Waals surface area contributed by atoms with E-state index in [0.717, 1.165) is 64.4 Å². The number of carbonyl (C=O) groups excluding carboxylic acids is 1. The Morgan fingerprint density at radius 3 is 2.63 bits per heavy atom. The van der Waals surface area contributed by atoms with Gasteiger partial charge in [0.2, 0.25) is 5.91 Å². The number of rotatable bonds is 8. The first-order valence-corrected chi connectivity index (χ1v) is 11.3. The minimum absolute atomic E-state index is 0. The molecule has 1 heterocycles. The van der Waals surface area contributed by atoms with Crippen molar-refractivity contribution in [1.29, 1.82) is 0 Å². The SMILES string of the molecule is CCNC(=NCCCN(C)c1ccccc1)NC1CCN(C(=O)C2CCCC2)C1.I. The minimum atomic E-state index is 0. The highest BCUT2D eigenvalue weighted by Gasteiger charge is 2.32. The molecule has 1 atom stereocenters. The number of hydrogen-bond acceptors (Lipinski definition) is 3. The fourth-order valence-corrected chi connectivity index (χ4v) is 4.33. The molecule has 0 bridgehead atoms. The van der Waals surface area contributed by atoms with E-state index in [1.165, 1.54) is 18.5 Å². The van der Waals surface area contributed by atoms with Gasteiger partial charge in [0.25, 0.3) is 0 Å². The molecule has 1 aliphatic heterocycles. The predicted molar refractivity (Wildman–Crippen MR) is 136 cm³/mol. The molecule has 3 rings (SSSR count). The maximum Gasteiger partial charge on any atom is 0.225 e. The second-order valence-corrected chi connectivity index (χ2v) is 8.27. The lowest BCUT2D eigenvalue weighted by Gasteiger charge is -2.21. The van der Waals surface area contributed by atoms with Crippen LogP contribution in [0.1, 0.15) is 45.4 Å². The zero-order chi connectivity index (χ0) is 20.5. The van der Waals surface area contributed by atoms with Crippen LogP contribution in [0.15, 0.2) is 35.3 Å². The fourth-order valence-electron chi connectivity index (χ4n) is 4.33. The molecule has 2 aliphatic rings. The first-order chi connectivity index (χ1) is 14.2. The van der Waals surface area contributed by atoms with Crippen molar-refractivity contribution in [3.05, 3.63) is 30.3 Å². The molecule has 0 radical (unpaired) electrons. The summed E-state index contributed by atoms with van der Waals surface area (Å²) in [5, 5.41) is 6.89. The predicted octanol–water partition coefficient (Wildman–Crippen LogP) is 3.48. The van der Waals surface area contributed by atoms with Crippen molar-refractivity contribution >= 4 is 41.5 Å². The number of nitrogens with one attached hydrogen (secondary N) is 2. The molecule has 2 N–H and O–H groups in total. The van der Waals surface area contributed by atoms with Crippen molar-refractivity contribution < 1.29 is 4.79 Å².